The zero-order chi connectivity index (χ0) is 31.9. The van der Waals surface area contributed by atoms with Gasteiger partial charge in [0.1, 0.15) is 24.3 Å². The molecule has 1 amide bonds. The third-order valence-corrected chi connectivity index (χ3v) is 7.90. The first-order valence-electron chi connectivity index (χ1n) is 15.0. The predicted octanol–water partition coefficient (Wildman–Crippen LogP) is 3.40. The van der Waals surface area contributed by atoms with E-state index in [1.165, 1.54) is 31.3 Å². The van der Waals surface area contributed by atoms with Gasteiger partial charge in [-0.25, -0.2) is 19.9 Å². The molecule has 2 fully saturated rings. The fourth-order valence-electron chi connectivity index (χ4n) is 5.51. The lowest BCUT2D eigenvalue weighted by Gasteiger charge is -2.33. The molecular weight excluding hydrogens is 603 g/mol. The SMILES string of the molecule is O=C(CNc1ccc(C(F)(F)F)cc1)N1CCC[C@H](Nc2ncnc3[nH]ncc23)C1.c1nc(N[C@H]2CCCNC2)c2cn[nH]c2n1. The van der Waals surface area contributed by atoms with Crippen LogP contribution in [0.2, 0.25) is 0 Å². The highest BCUT2D eigenvalue weighted by Crippen LogP contribution is 2.30. The summed E-state index contributed by atoms with van der Waals surface area (Å²) >= 11 is 0. The maximum absolute atomic E-state index is 12.6. The maximum atomic E-state index is 12.6. The van der Waals surface area contributed by atoms with Crippen molar-refractivity contribution in [1.29, 1.82) is 0 Å². The monoisotopic (exact) mass is 637 g/mol. The Morgan fingerprint density at radius 2 is 1.50 bits per heavy atom. The lowest BCUT2D eigenvalue weighted by atomic mass is 10.1. The molecule has 2 saturated heterocycles. The van der Waals surface area contributed by atoms with E-state index in [0.717, 1.165) is 60.3 Å². The highest BCUT2D eigenvalue weighted by atomic mass is 19.4. The molecule has 17 heteroatoms. The summed E-state index contributed by atoms with van der Waals surface area (Å²) < 4.78 is 37.9. The second-order valence-electron chi connectivity index (χ2n) is 11.1. The highest BCUT2D eigenvalue weighted by Gasteiger charge is 2.30. The summed E-state index contributed by atoms with van der Waals surface area (Å²) in [5.41, 5.74) is 1.16. The van der Waals surface area contributed by atoms with Crippen LogP contribution in [0.4, 0.5) is 30.5 Å². The number of nitrogens with zero attached hydrogens (tertiary/aromatic N) is 7. The Morgan fingerprint density at radius 1 is 0.870 bits per heavy atom. The van der Waals surface area contributed by atoms with E-state index in [-0.39, 0.29) is 18.5 Å². The second kappa shape index (κ2) is 13.9. The molecule has 5 aromatic rings. The summed E-state index contributed by atoms with van der Waals surface area (Å²) in [5, 5.41) is 28.4. The third-order valence-electron chi connectivity index (χ3n) is 7.90. The summed E-state index contributed by atoms with van der Waals surface area (Å²) in [7, 11) is 0. The average Bonchev–Trinajstić information content (AvgIpc) is 3.76. The van der Waals surface area contributed by atoms with Crippen LogP contribution >= 0.6 is 0 Å². The van der Waals surface area contributed by atoms with Crippen molar-refractivity contribution in [3.05, 3.63) is 54.9 Å². The maximum Gasteiger partial charge on any atom is 0.416 e. The highest BCUT2D eigenvalue weighted by molar-refractivity contribution is 5.86. The molecule has 4 aromatic heterocycles. The Hall–Kier alpha value is -5.06. The van der Waals surface area contributed by atoms with Crippen LogP contribution in [0.1, 0.15) is 31.2 Å². The molecule has 0 radical (unpaired) electrons. The molecule has 2 aliphatic rings. The number of nitrogens with one attached hydrogen (secondary N) is 6. The first-order valence-corrected chi connectivity index (χ1v) is 15.0. The summed E-state index contributed by atoms with van der Waals surface area (Å²) in [4.78, 5) is 31.1. The molecule has 46 heavy (non-hydrogen) atoms. The van der Waals surface area contributed by atoms with Crippen molar-refractivity contribution in [3.8, 4) is 0 Å². The molecule has 6 N–H and O–H groups in total. The molecule has 2 aliphatic heterocycles. The van der Waals surface area contributed by atoms with Crippen molar-refractivity contribution in [3.63, 3.8) is 0 Å². The molecule has 14 nitrogen and oxygen atoms in total. The molecule has 0 spiro atoms. The van der Waals surface area contributed by atoms with Crippen molar-refractivity contribution in [2.24, 2.45) is 0 Å². The summed E-state index contributed by atoms with van der Waals surface area (Å²) in [6.07, 6.45) is 6.14. The Morgan fingerprint density at radius 3 is 2.11 bits per heavy atom. The van der Waals surface area contributed by atoms with E-state index in [4.69, 9.17) is 0 Å². The molecule has 242 valence electrons. The lowest BCUT2D eigenvalue weighted by Crippen LogP contribution is -2.47. The molecule has 6 heterocycles. The van der Waals surface area contributed by atoms with Gasteiger partial charge in [0.05, 0.1) is 35.3 Å². The number of alkyl halides is 3. The van der Waals surface area contributed by atoms with E-state index in [1.807, 2.05) is 0 Å². The van der Waals surface area contributed by atoms with Crippen LogP contribution in [0.3, 0.4) is 0 Å². The van der Waals surface area contributed by atoms with Crippen molar-refractivity contribution >= 4 is 45.3 Å². The number of piperidine rings is 2. The Kier molecular flexibility index (Phi) is 9.37. The van der Waals surface area contributed by atoms with Crippen molar-refractivity contribution in [2.45, 2.75) is 43.9 Å². The van der Waals surface area contributed by atoms with Gasteiger partial charge in [-0.15, -0.1) is 0 Å². The molecule has 7 rings (SSSR count). The van der Waals surface area contributed by atoms with Crippen LogP contribution in [-0.2, 0) is 11.0 Å². The zero-order valence-corrected chi connectivity index (χ0v) is 24.8. The molecule has 0 bridgehead atoms. The number of carbonyl (C=O) groups is 1. The van der Waals surface area contributed by atoms with Gasteiger partial charge in [-0.1, -0.05) is 0 Å². The topological polar surface area (TPSA) is 177 Å². The lowest BCUT2D eigenvalue weighted by molar-refractivity contribution is -0.137. The fourth-order valence-corrected chi connectivity index (χ4v) is 5.51. The summed E-state index contributed by atoms with van der Waals surface area (Å²) in [6.45, 7) is 3.26. The Labute approximate surface area is 261 Å². The van der Waals surface area contributed by atoms with E-state index >= 15 is 0 Å². The van der Waals surface area contributed by atoms with Gasteiger partial charge >= 0.3 is 6.18 Å². The van der Waals surface area contributed by atoms with Gasteiger partial charge in [0.2, 0.25) is 5.91 Å². The number of anilines is 3. The normalized spacial score (nSPS) is 18.5. The second-order valence-corrected chi connectivity index (χ2v) is 11.1. The number of aromatic amines is 2. The van der Waals surface area contributed by atoms with Crippen LogP contribution in [0.5, 0.6) is 0 Å². The van der Waals surface area contributed by atoms with Gasteiger partial charge in [-0.2, -0.15) is 23.4 Å². The van der Waals surface area contributed by atoms with Crippen LogP contribution in [-0.4, -0.2) is 95.9 Å². The van der Waals surface area contributed by atoms with Crippen molar-refractivity contribution in [2.75, 3.05) is 48.7 Å². The van der Waals surface area contributed by atoms with Gasteiger partial charge in [0.25, 0.3) is 0 Å². The van der Waals surface area contributed by atoms with Crippen LogP contribution in [0.15, 0.2) is 49.3 Å². The molecule has 0 saturated carbocycles. The number of hydrogen-bond acceptors (Lipinski definition) is 11. The van der Waals surface area contributed by atoms with Gasteiger partial charge in [0.15, 0.2) is 11.3 Å². The van der Waals surface area contributed by atoms with E-state index in [1.54, 1.807) is 23.6 Å². The van der Waals surface area contributed by atoms with Crippen molar-refractivity contribution in [1.82, 2.24) is 50.5 Å². The van der Waals surface area contributed by atoms with Gasteiger partial charge < -0.3 is 26.2 Å². The number of halogens is 3. The molecule has 2 atom stereocenters. The number of carbonyl (C=O) groups excluding carboxylic acids is 1. The number of hydrogen-bond donors (Lipinski definition) is 6. The Bertz CT molecular complexity index is 1730. The number of rotatable bonds is 7. The number of likely N-dealkylation sites (tertiary alicyclic amines) is 1. The largest absolute Gasteiger partial charge is 0.416 e. The minimum Gasteiger partial charge on any atom is -0.376 e. The van der Waals surface area contributed by atoms with E-state index in [9.17, 15) is 18.0 Å². The predicted molar refractivity (Wildman–Crippen MR) is 166 cm³/mol. The minimum absolute atomic E-state index is 0.0115. The number of H-pyrrole nitrogens is 2. The molecule has 0 unspecified atom stereocenters. The first-order chi connectivity index (χ1) is 22.3. The standard InChI is InChI=1S/C19H20F3N7O.C10H14N6/c20-19(21,22)12-3-5-13(6-4-12)23-9-16(30)29-7-1-2-14(10-29)27-17-15-8-26-28-18(15)25-11-24-17;1-2-7(4-11-3-1)15-9-8-5-14-16-10(8)13-6-12-9/h3-6,8,11,14,23H,1-2,7,9-10H2,(H2,24,25,26,27,28);5-7,11H,1-4H2,(H2,12,13,14,15,16)/t14-;7-/m00/s1. The van der Waals surface area contributed by atoms with Gasteiger partial charge in [-0.05, 0) is 56.5 Å². The quantitative estimate of drug-likeness (QED) is 0.154. The van der Waals surface area contributed by atoms with E-state index in [0.29, 0.717) is 36.3 Å². The van der Waals surface area contributed by atoms with Crippen LogP contribution in [0.25, 0.3) is 22.1 Å². The molecule has 1 aromatic carbocycles. The smallest absolute Gasteiger partial charge is 0.376 e. The number of benzene rings is 1. The van der Waals surface area contributed by atoms with E-state index in [2.05, 4.69) is 61.6 Å². The number of fused-ring (bicyclic) bond motifs is 2. The number of aromatic nitrogens is 8. The third kappa shape index (κ3) is 7.59. The van der Waals surface area contributed by atoms with Crippen LogP contribution in [0, 0.1) is 0 Å². The van der Waals surface area contributed by atoms with Gasteiger partial charge in [0, 0.05) is 37.4 Å². The summed E-state index contributed by atoms with van der Waals surface area (Å²) in [6, 6.07) is 5.10. The molecular formula is C29H34F3N13O. The minimum atomic E-state index is -4.38. The van der Waals surface area contributed by atoms with Gasteiger partial charge in [-0.3, -0.25) is 15.0 Å². The Balaban J connectivity index is 0.000000194. The van der Waals surface area contributed by atoms with E-state index < -0.39 is 11.7 Å². The average molecular weight is 638 g/mol. The zero-order valence-electron chi connectivity index (χ0n) is 24.8. The number of amides is 1. The summed E-state index contributed by atoms with van der Waals surface area (Å²) in [5.74, 6) is 1.42. The fraction of sp³-hybridized carbons (Fsp3) is 0.414. The van der Waals surface area contributed by atoms with Crippen molar-refractivity contribution < 1.29 is 18.0 Å². The molecule has 0 aliphatic carbocycles. The van der Waals surface area contributed by atoms with Crippen LogP contribution < -0.4 is 21.3 Å². The first kappa shape index (κ1) is 30.9.